The highest BCUT2D eigenvalue weighted by molar-refractivity contribution is 6.36. The van der Waals surface area contributed by atoms with Crippen LogP contribution >= 0.6 is 23.2 Å². The van der Waals surface area contributed by atoms with Crippen LogP contribution in [0.5, 0.6) is 0 Å². The molecular formula is C15H20Cl2N2O. The zero-order chi connectivity index (χ0) is 14.7. The summed E-state index contributed by atoms with van der Waals surface area (Å²) >= 11 is 12.0. The number of carbonyl (C=O) groups is 1. The molecule has 1 fully saturated rings. The second-order valence-electron chi connectivity index (χ2n) is 5.47. The highest BCUT2D eigenvalue weighted by Crippen LogP contribution is 2.23. The monoisotopic (exact) mass is 314 g/mol. The Hall–Kier alpha value is -0.770. The Kier molecular flexibility index (Phi) is 5.30. The van der Waals surface area contributed by atoms with E-state index in [2.05, 4.69) is 5.32 Å². The van der Waals surface area contributed by atoms with E-state index in [9.17, 15) is 4.79 Å². The SMILES string of the molecule is CC(C)N(CC1CCCN1)C(=O)c1ccc(Cl)cc1Cl. The number of hydrogen-bond acceptors (Lipinski definition) is 2. The first-order chi connectivity index (χ1) is 9.49. The number of nitrogens with zero attached hydrogens (tertiary/aromatic N) is 1. The number of carbonyl (C=O) groups excluding carboxylic acids is 1. The highest BCUT2D eigenvalue weighted by Gasteiger charge is 2.25. The normalized spacial score (nSPS) is 18.6. The number of benzene rings is 1. The molecule has 1 saturated heterocycles. The molecule has 1 heterocycles. The van der Waals surface area contributed by atoms with Crippen LogP contribution in [0.1, 0.15) is 37.0 Å². The van der Waals surface area contributed by atoms with Gasteiger partial charge in [-0.2, -0.15) is 0 Å². The van der Waals surface area contributed by atoms with Gasteiger partial charge >= 0.3 is 0 Å². The van der Waals surface area contributed by atoms with Gasteiger partial charge in [0.25, 0.3) is 5.91 Å². The zero-order valence-corrected chi connectivity index (χ0v) is 13.3. The molecule has 5 heteroatoms. The summed E-state index contributed by atoms with van der Waals surface area (Å²) in [5.74, 6) is -0.0321. The first-order valence-corrected chi connectivity index (χ1v) is 7.74. The number of amides is 1. The number of halogens is 2. The predicted octanol–water partition coefficient (Wildman–Crippen LogP) is 3.60. The van der Waals surface area contributed by atoms with E-state index in [4.69, 9.17) is 23.2 Å². The number of rotatable bonds is 4. The molecule has 1 aliphatic rings. The van der Waals surface area contributed by atoms with Gasteiger partial charge in [-0.05, 0) is 51.4 Å². The van der Waals surface area contributed by atoms with E-state index in [0.29, 0.717) is 21.7 Å². The Morgan fingerprint density at radius 1 is 1.45 bits per heavy atom. The first kappa shape index (κ1) is 15.6. The van der Waals surface area contributed by atoms with Gasteiger partial charge in [0, 0.05) is 23.7 Å². The molecule has 1 atom stereocenters. The van der Waals surface area contributed by atoms with Gasteiger partial charge in [-0.25, -0.2) is 0 Å². The molecule has 1 N–H and O–H groups in total. The molecule has 0 saturated carbocycles. The minimum atomic E-state index is -0.0321. The van der Waals surface area contributed by atoms with Crippen molar-refractivity contribution < 1.29 is 4.79 Å². The summed E-state index contributed by atoms with van der Waals surface area (Å²) in [5.41, 5.74) is 0.516. The molecule has 0 aliphatic carbocycles. The summed E-state index contributed by atoms with van der Waals surface area (Å²) in [6.07, 6.45) is 2.29. The molecule has 110 valence electrons. The van der Waals surface area contributed by atoms with Crippen molar-refractivity contribution in [1.29, 1.82) is 0 Å². The summed E-state index contributed by atoms with van der Waals surface area (Å²) in [5, 5.41) is 4.38. The molecule has 1 aliphatic heterocycles. The van der Waals surface area contributed by atoms with Crippen molar-refractivity contribution in [2.45, 2.75) is 38.8 Å². The van der Waals surface area contributed by atoms with Gasteiger partial charge in [-0.3, -0.25) is 4.79 Å². The van der Waals surface area contributed by atoms with Gasteiger partial charge in [-0.15, -0.1) is 0 Å². The fourth-order valence-electron chi connectivity index (χ4n) is 2.50. The molecule has 2 rings (SSSR count). The Morgan fingerprint density at radius 3 is 2.75 bits per heavy atom. The van der Waals surface area contributed by atoms with Crippen molar-refractivity contribution >= 4 is 29.1 Å². The van der Waals surface area contributed by atoms with Crippen molar-refractivity contribution in [3.05, 3.63) is 33.8 Å². The van der Waals surface area contributed by atoms with Gasteiger partial charge in [0.2, 0.25) is 0 Å². The summed E-state index contributed by atoms with van der Waals surface area (Å²) in [7, 11) is 0. The second-order valence-corrected chi connectivity index (χ2v) is 6.31. The molecule has 3 nitrogen and oxygen atoms in total. The molecule has 1 amide bonds. The molecule has 0 aromatic heterocycles. The van der Waals surface area contributed by atoms with E-state index >= 15 is 0 Å². The first-order valence-electron chi connectivity index (χ1n) is 6.98. The van der Waals surface area contributed by atoms with E-state index in [1.54, 1.807) is 18.2 Å². The highest BCUT2D eigenvalue weighted by atomic mass is 35.5. The summed E-state index contributed by atoms with van der Waals surface area (Å²) < 4.78 is 0. The van der Waals surface area contributed by atoms with Crippen molar-refractivity contribution in [2.24, 2.45) is 0 Å². The van der Waals surface area contributed by atoms with Gasteiger partial charge < -0.3 is 10.2 Å². The Balaban J connectivity index is 2.17. The van der Waals surface area contributed by atoms with Gasteiger partial charge in [0.15, 0.2) is 0 Å². The smallest absolute Gasteiger partial charge is 0.255 e. The fraction of sp³-hybridized carbons (Fsp3) is 0.533. The third-order valence-corrected chi connectivity index (χ3v) is 4.17. The van der Waals surface area contributed by atoms with Crippen molar-refractivity contribution in [1.82, 2.24) is 10.2 Å². The van der Waals surface area contributed by atoms with Gasteiger partial charge in [0.05, 0.1) is 10.6 Å². The molecule has 0 spiro atoms. The number of hydrogen-bond donors (Lipinski definition) is 1. The topological polar surface area (TPSA) is 32.3 Å². The van der Waals surface area contributed by atoms with Crippen molar-refractivity contribution in [3.63, 3.8) is 0 Å². The molecular weight excluding hydrogens is 295 g/mol. The van der Waals surface area contributed by atoms with E-state index in [1.165, 1.54) is 6.42 Å². The Labute approximate surface area is 130 Å². The van der Waals surface area contributed by atoms with Gasteiger partial charge in [0.1, 0.15) is 0 Å². The number of nitrogens with one attached hydrogen (secondary N) is 1. The average Bonchev–Trinajstić information content (AvgIpc) is 2.87. The average molecular weight is 315 g/mol. The van der Waals surface area contributed by atoms with E-state index in [0.717, 1.165) is 19.5 Å². The van der Waals surface area contributed by atoms with Crippen LogP contribution in [-0.2, 0) is 0 Å². The van der Waals surface area contributed by atoms with Crippen LogP contribution in [0.3, 0.4) is 0 Å². The standard InChI is InChI=1S/C15H20Cl2N2O/c1-10(2)19(9-12-4-3-7-18-12)15(20)13-6-5-11(16)8-14(13)17/h5-6,8,10,12,18H,3-4,7,9H2,1-2H3. The fourth-order valence-corrected chi connectivity index (χ4v) is 2.99. The van der Waals surface area contributed by atoms with Crippen LogP contribution in [0.25, 0.3) is 0 Å². The van der Waals surface area contributed by atoms with Crippen LogP contribution in [0.15, 0.2) is 18.2 Å². The largest absolute Gasteiger partial charge is 0.335 e. The molecule has 1 aromatic rings. The lowest BCUT2D eigenvalue weighted by Gasteiger charge is -2.30. The predicted molar refractivity (Wildman–Crippen MR) is 83.7 cm³/mol. The quantitative estimate of drug-likeness (QED) is 0.921. The lowest BCUT2D eigenvalue weighted by Crippen LogP contribution is -2.44. The zero-order valence-electron chi connectivity index (χ0n) is 11.8. The van der Waals surface area contributed by atoms with Crippen molar-refractivity contribution in [3.8, 4) is 0 Å². The maximum Gasteiger partial charge on any atom is 0.255 e. The van der Waals surface area contributed by atoms with Crippen LogP contribution in [0.2, 0.25) is 10.0 Å². The third-order valence-electron chi connectivity index (χ3n) is 3.63. The lowest BCUT2D eigenvalue weighted by atomic mass is 10.1. The maximum atomic E-state index is 12.7. The van der Waals surface area contributed by atoms with Crippen molar-refractivity contribution in [2.75, 3.05) is 13.1 Å². The summed E-state index contributed by atoms with van der Waals surface area (Å²) in [6.45, 7) is 5.80. The maximum absolute atomic E-state index is 12.7. The minimum absolute atomic E-state index is 0.0321. The van der Waals surface area contributed by atoms with E-state index in [1.807, 2.05) is 18.7 Å². The van der Waals surface area contributed by atoms with Crippen LogP contribution in [0.4, 0.5) is 0 Å². The van der Waals surface area contributed by atoms with Crippen LogP contribution < -0.4 is 5.32 Å². The molecule has 0 bridgehead atoms. The molecule has 20 heavy (non-hydrogen) atoms. The Bertz CT molecular complexity index is 485. The van der Waals surface area contributed by atoms with Crippen LogP contribution in [-0.4, -0.2) is 36.0 Å². The third kappa shape index (κ3) is 3.66. The van der Waals surface area contributed by atoms with Crippen LogP contribution in [0, 0.1) is 0 Å². The van der Waals surface area contributed by atoms with E-state index < -0.39 is 0 Å². The molecule has 0 radical (unpaired) electrons. The minimum Gasteiger partial charge on any atom is -0.335 e. The second kappa shape index (κ2) is 6.79. The summed E-state index contributed by atoms with van der Waals surface area (Å²) in [4.78, 5) is 14.5. The Morgan fingerprint density at radius 2 is 2.20 bits per heavy atom. The summed E-state index contributed by atoms with van der Waals surface area (Å²) in [6, 6.07) is 5.53. The lowest BCUT2D eigenvalue weighted by molar-refractivity contribution is 0.0689. The molecule has 1 unspecified atom stereocenters. The molecule has 1 aromatic carbocycles. The van der Waals surface area contributed by atoms with E-state index in [-0.39, 0.29) is 11.9 Å². The van der Waals surface area contributed by atoms with Gasteiger partial charge in [-0.1, -0.05) is 23.2 Å².